The number of nitrogen functional groups attached to an aromatic ring is 1. The molecule has 3 nitrogen and oxygen atoms in total. The van der Waals surface area contributed by atoms with E-state index in [2.05, 4.69) is 21.1 Å². The first-order valence-corrected chi connectivity index (χ1v) is 5.17. The molecule has 0 aliphatic heterocycles. The third-order valence-electron chi connectivity index (χ3n) is 2.04. The smallest absolute Gasteiger partial charge is 0.264 e. The topological polar surface area (TPSA) is 52.0 Å². The Hall–Kier alpha value is -1.43. The number of halogens is 3. The van der Waals surface area contributed by atoms with Gasteiger partial charge in [-0.25, -0.2) is 8.78 Å². The SMILES string of the molecule is Nc1cc(-c2cc(Br)ccc2C(F)F)on1. The predicted molar refractivity (Wildman–Crippen MR) is 59.0 cm³/mol. The standard InChI is InChI=1S/C10H7BrF2N2O/c11-5-1-2-6(10(12)13)7(3-5)8-4-9(14)15-16-8/h1-4,10H,(H2,14,15). The molecule has 2 rings (SSSR count). The summed E-state index contributed by atoms with van der Waals surface area (Å²) in [7, 11) is 0. The number of rotatable bonds is 2. The molecular formula is C10H7BrF2N2O. The predicted octanol–water partition coefficient (Wildman–Crippen LogP) is 3.62. The van der Waals surface area contributed by atoms with Gasteiger partial charge in [-0.05, 0) is 12.1 Å². The monoisotopic (exact) mass is 288 g/mol. The van der Waals surface area contributed by atoms with Gasteiger partial charge in [0, 0.05) is 21.7 Å². The van der Waals surface area contributed by atoms with Gasteiger partial charge in [-0.3, -0.25) is 0 Å². The Balaban J connectivity index is 2.57. The van der Waals surface area contributed by atoms with E-state index >= 15 is 0 Å². The second-order valence-corrected chi connectivity index (χ2v) is 4.06. The number of hydrogen-bond donors (Lipinski definition) is 1. The number of benzene rings is 1. The van der Waals surface area contributed by atoms with E-state index in [1.165, 1.54) is 12.1 Å². The van der Waals surface area contributed by atoms with E-state index in [0.29, 0.717) is 4.47 Å². The average Bonchev–Trinajstić information content (AvgIpc) is 2.64. The molecule has 0 radical (unpaired) electrons. The van der Waals surface area contributed by atoms with Crippen molar-refractivity contribution in [3.63, 3.8) is 0 Å². The summed E-state index contributed by atoms with van der Waals surface area (Å²) in [6.45, 7) is 0. The van der Waals surface area contributed by atoms with Crippen molar-refractivity contribution in [2.75, 3.05) is 5.73 Å². The van der Waals surface area contributed by atoms with Gasteiger partial charge in [0.2, 0.25) is 0 Å². The van der Waals surface area contributed by atoms with Gasteiger partial charge in [-0.2, -0.15) is 0 Å². The van der Waals surface area contributed by atoms with Crippen LogP contribution in [0.2, 0.25) is 0 Å². The van der Waals surface area contributed by atoms with Crippen molar-refractivity contribution in [1.82, 2.24) is 5.16 Å². The van der Waals surface area contributed by atoms with Gasteiger partial charge in [-0.1, -0.05) is 27.2 Å². The van der Waals surface area contributed by atoms with E-state index in [1.54, 1.807) is 12.1 Å². The zero-order chi connectivity index (χ0) is 11.7. The van der Waals surface area contributed by atoms with Crippen LogP contribution in [0.25, 0.3) is 11.3 Å². The summed E-state index contributed by atoms with van der Waals surface area (Å²) >= 11 is 3.21. The van der Waals surface area contributed by atoms with Crippen molar-refractivity contribution < 1.29 is 13.3 Å². The molecule has 0 fully saturated rings. The Labute approximate surface area is 98.4 Å². The Kier molecular flexibility index (Phi) is 2.91. The van der Waals surface area contributed by atoms with Crippen LogP contribution < -0.4 is 5.73 Å². The largest absolute Gasteiger partial charge is 0.381 e. The van der Waals surface area contributed by atoms with Crippen molar-refractivity contribution >= 4 is 21.7 Å². The number of nitrogens with two attached hydrogens (primary N) is 1. The van der Waals surface area contributed by atoms with Crippen LogP contribution in [-0.4, -0.2) is 5.16 Å². The molecule has 1 aromatic carbocycles. The van der Waals surface area contributed by atoms with Crippen molar-refractivity contribution in [2.24, 2.45) is 0 Å². The molecule has 0 atom stereocenters. The first-order chi connectivity index (χ1) is 7.58. The van der Waals surface area contributed by atoms with E-state index < -0.39 is 6.43 Å². The van der Waals surface area contributed by atoms with Crippen LogP contribution in [0, 0.1) is 0 Å². The second-order valence-electron chi connectivity index (χ2n) is 3.15. The van der Waals surface area contributed by atoms with Crippen LogP contribution in [0.1, 0.15) is 12.0 Å². The van der Waals surface area contributed by atoms with Gasteiger partial charge in [-0.15, -0.1) is 0 Å². The maximum Gasteiger partial charge on any atom is 0.264 e. The fourth-order valence-electron chi connectivity index (χ4n) is 1.35. The number of hydrogen-bond acceptors (Lipinski definition) is 3. The fraction of sp³-hybridized carbons (Fsp3) is 0.100. The van der Waals surface area contributed by atoms with Gasteiger partial charge in [0.15, 0.2) is 11.6 Å². The number of anilines is 1. The van der Waals surface area contributed by atoms with E-state index in [4.69, 9.17) is 10.3 Å². The van der Waals surface area contributed by atoms with Gasteiger partial charge < -0.3 is 10.3 Å². The molecule has 16 heavy (non-hydrogen) atoms. The fourth-order valence-corrected chi connectivity index (χ4v) is 1.71. The Bertz CT molecular complexity index is 513. The maximum atomic E-state index is 12.7. The minimum absolute atomic E-state index is 0.112. The van der Waals surface area contributed by atoms with E-state index in [0.717, 1.165) is 0 Å². The molecule has 2 aromatic rings. The van der Waals surface area contributed by atoms with Crippen LogP contribution in [0.3, 0.4) is 0 Å². The highest BCUT2D eigenvalue weighted by atomic mass is 79.9. The Morgan fingerprint density at radius 3 is 2.62 bits per heavy atom. The maximum absolute atomic E-state index is 12.7. The van der Waals surface area contributed by atoms with E-state index in [9.17, 15) is 8.78 Å². The minimum atomic E-state index is -2.57. The van der Waals surface area contributed by atoms with Crippen molar-refractivity contribution in [1.29, 1.82) is 0 Å². The van der Waals surface area contributed by atoms with E-state index in [-0.39, 0.29) is 22.7 Å². The third kappa shape index (κ3) is 2.06. The summed E-state index contributed by atoms with van der Waals surface area (Å²) < 4.78 is 31.0. The number of alkyl halides is 2. The lowest BCUT2D eigenvalue weighted by Gasteiger charge is -2.05. The minimum Gasteiger partial charge on any atom is -0.381 e. The molecule has 1 aromatic heterocycles. The highest BCUT2D eigenvalue weighted by molar-refractivity contribution is 9.10. The van der Waals surface area contributed by atoms with Crippen molar-refractivity contribution in [3.8, 4) is 11.3 Å². The van der Waals surface area contributed by atoms with Crippen LogP contribution >= 0.6 is 15.9 Å². The van der Waals surface area contributed by atoms with Crippen LogP contribution in [0.5, 0.6) is 0 Å². The first-order valence-electron chi connectivity index (χ1n) is 4.38. The summed E-state index contributed by atoms with van der Waals surface area (Å²) in [6, 6.07) is 5.84. The summed E-state index contributed by atoms with van der Waals surface area (Å²) in [5.74, 6) is 0.393. The molecule has 0 saturated carbocycles. The van der Waals surface area contributed by atoms with Gasteiger partial charge in [0.05, 0.1) is 0 Å². The molecule has 2 N–H and O–H groups in total. The molecule has 0 saturated heterocycles. The molecule has 0 unspecified atom stereocenters. The molecule has 6 heteroatoms. The quantitative estimate of drug-likeness (QED) is 0.918. The van der Waals surface area contributed by atoms with Crippen LogP contribution in [0.4, 0.5) is 14.6 Å². The molecule has 0 aliphatic carbocycles. The van der Waals surface area contributed by atoms with Gasteiger partial charge in [0.25, 0.3) is 6.43 Å². The molecule has 0 amide bonds. The lowest BCUT2D eigenvalue weighted by molar-refractivity contribution is 0.152. The zero-order valence-corrected chi connectivity index (χ0v) is 9.54. The van der Waals surface area contributed by atoms with Crippen LogP contribution in [0.15, 0.2) is 33.3 Å². The van der Waals surface area contributed by atoms with Gasteiger partial charge in [0.1, 0.15) is 0 Å². The highest BCUT2D eigenvalue weighted by Crippen LogP contribution is 2.33. The molecular weight excluding hydrogens is 282 g/mol. The summed E-state index contributed by atoms with van der Waals surface area (Å²) in [6.07, 6.45) is -2.57. The third-order valence-corrected chi connectivity index (χ3v) is 2.54. The molecule has 84 valence electrons. The molecule has 0 spiro atoms. The van der Waals surface area contributed by atoms with E-state index in [1.807, 2.05) is 0 Å². The van der Waals surface area contributed by atoms with Crippen molar-refractivity contribution in [2.45, 2.75) is 6.43 Å². The summed E-state index contributed by atoms with van der Waals surface area (Å²) in [4.78, 5) is 0. The lowest BCUT2D eigenvalue weighted by atomic mass is 10.1. The number of nitrogens with zero attached hydrogens (tertiary/aromatic N) is 1. The lowest BCUT2D eigenvalue weighted by Crippen LogP contribution is -1.89. The molecule has 0 aliphatic rings. The molecule has 1 heterocycles. The van der Waals surface area contributed by atoms with Crippen LogP contribution in [-0.2, 0) is 0 Å². The Morgan fingerprint density at radius 2 is 2.06 bits per heavy atom. The van der Waals surface area contributed by atoms with Gasteiger partial charge >= 0.3 is 0 Å². The molecule has 0 bridgehead atoms. The zero-order valence-electron chi connectivity index (χ0n) is 7.95. The van der Waals surface area contributed by atoms with Crippen molar-refractivity contribution in [3.05, 3.63) is 34.3 Å². The Morgan fingerprint density at radius 1 is 1.31 bits per heavy atom. The second kappa shape index (κ2) is 4.21. The summed E-state index contributed by atoms with van der Waals surface area (Å²) in [5.41, 5.74) is 5.55. The highest BCUT2D eigenvalue weighted by Gasteiger charge is 2.17. The number of aromatic nitrogens is 1. The average molecular weight is 289 g/mol. The normalized spacial score (nSPS) is 11.0. The summed E-state index contributed by atoms with van der Waals surface area (Å²) in [5, 5.41) is 3.47. The first kappa shape index (κ1) is 11.1.